The maximum absolute atomic E-state index is 5.94. The largest absolute Gasteiger partial charge is 0.398 e. The number of nitrogens with one attached hydrogen (secondary N) is 1. The third-order valence-electron chi connectivity index (χ3n) is 3.55. The van der Waals surface area contributed by atoms with Crippen molar-refractivity contribution in [2.45, 2.75) is 44.4 Å². The first kappa shape index (κ1) is 12.6. The van der Waals surface area contributed by atoms with Crippen LogP contribution in [-0.2, 0) is 0 Å². The van der Waals surface area contributed by atoms with Gasteiger partial charge in [-0.1, -0.05) is 19.4 Å². The third kappa shape index (κ3) is 2.89. The Bertz CT molecular complexity index is 378. The van der Waals surface area contributed by atoms with E-state index < -0.39 is 0 Å². The van der Waals surface area contributed by atoms with Gasteiger partial charge in [0.05, 0.1) is 0 Å². The Morgan fingerprint density at radius 1 is 1.41 bits per heavy atom. The van der Waals surface area contributed by atoms with Crippen molar-refractivity contribution in [1.29, 1.82) is 0 Å². The molecule has 1 aliphatic rings. The summed E-state index contributed by atoms with van der Waals surface area (Å²) in [6, 6.07) is 6.74. The van der Waals surface area contributed by atoms with Crippen molar-refractivity contribution in [2.24, 2.45) is 0 Å². The van der Waals surface area contributed by atoms with Crippen LogP contribution in [-0.4, -0.2) is 17.0 Å². The highest BCUT2D eigenvalue weighted by Crippen LogP contribution is 2.33. The standard InChI is InChI=1S/C14H22N2S/c1-3-17-14-9-5-8-13(14)16-12-7-4-6-11(15)10(12)2/h4,6-7,13-14,16H,3,5,8-9,15H2,1-2H3. The summed E-state index contributed by atoms with van der Waals surface area (Å²) in [6.07, 6.45) is 3.97. The van der Waals surface area contributed by atoms with Crippen LogP contribution in [0.1, 0.15) is 31.7 Å². The number of thioether (sulfide) groups is 1. The van der Waals surface area contributed by atoms with E-state index in [4.69, 9.17) is 5.73 Å². The van der Waals surface area contributed by atoms with Gasteiger partial charge in [-0.15, -0.1) is 0 Å². The van der Waals surface area contributed by atoms with E-state index in [-0.39, 0.29) is 0 Å². The summed E-state index contributed by atoms with van der Waals surface area (Å²) in [7, 11) is 0. The highest BCUT2D eigenvalue weighted by Gasteiger charge is 2.27. The Labute approximate surface area is 108 Å². The van der Waals surface area contributed by atoms with Crippen LogP contribution in [0.4, 0.5) is 11.4 Å². The fraction of sp³-hybridized carbons (Fsp3) is 0.571. The van der Waals surface area contributed by atoms with Crippen molar-refractivity contribution < 1.29 is 0 Å². The number of rotatable bonds is 4. The second-order valence-corrected chi connectivity index (χ2v) is 6.21. The lowest BCUT2D eigenvalue weighted by Crippen LogP contribution is -2.26. The molecular formula is C14H22N2S. The lowest BCUT2D eigenvalue weighted by molar-refractivity contribution is 0.767. The van der Waals surface area contributed by atoms with Gasteiger partial charge < -0.3 is 11.1 Å². The summed E-state index contributed by atoms with van der Waals surface area (Å²) in [6.45, 7) is 4.33. The number of nitrogens with two attached hydrogens (primary N) is 1. The zero-order valence-corrected chi connectivity index (χ0v) is 11.5. The average molecular weight is 250 g/mol. The molecule has 1 aromatic rings. The second kappa shape index (κ2) is 5.67. The van der Waals surface area contributed by atoms with Gasteiger partial charge in [-0.2, -0.15) is 11.8 Å². The predicted octanol–water partition coefficient (Wildman–Crippen LogP) is 3.66. The molecule has 0 amide bonds. The quantitative estimate of drug-likeness (QED) is 0.801. The van der Waals surface area contributed by atoms with E-state index in [0.717, 1.165) is 10.9 Å². The third-order valence-corrected chi connectivity index (χ3v) is 4.88. The van der Waals surface area contributed by atoms with E-state index in [0.29, 0.717) is 6.04 Å². The van der Waals surface area contributed by atoms with Gasteiger partial charge in [-0.3, -0.25) is 0 Å². The summed E-state index contributed by atoms with van der Waals surface area (Å²) in [5.41, 5.74) is 9.21. The molecular weight excluding hydrogens is 228 g/mol. The Morgan fingerprint density at radius 2 is 2.24 bits per heavy atom. The summed E-state index contributed by atoms with van der Waals surface area (Å²) in [5.74, 6) is 1.21. The highest BCUT2D eigenvalue weighted by atomic mass is 32.2. The van der Waals surface area contributed by atoms with Gasteiger partial charge in [0.1, 0.15) is 0 Å². The molecule has 2 rings (SSSR count). The topological polar surface area (TPSA) is 38.0 Å². The monoisotopic (exact) mass is 250 g/mol. The van der Waals surface area contributed by atoms with Crippen LogP contribution in [0.15, 0.2) is 18.2 Å². The second-order valence-electron chi connectivity index (χ2n) is 4.70. The van der Waals surface area contributed by atoms with Crippen LogP contribution >= 0.6 is 11.8 Å². The SMILES string of the molecule is CCSC1CCCC1Nc1cccc(N)c1C. The van der Waals surface area contributed by atoms with Crippen LogP contribution in [0.5, 0.6) is 0 Å². The van der Waals surface area contributed by atoms with E-state index >= 15 is 0 Å². The molecule has 1 aliphatic carbocycles. The molecule has 3 heteroatoms. The zero-order valence-electron chi connectivity index (χ0n) is 10.7. The van der Waals surface area contributed by atoms with Crippen molar-refractivity contribution in [1.82, 2.24) is 0 Å². The van der Waals surface area contributed by atoms with Crippen molar-refractivity contribution in [2.75, 3.05) is 16.8 Å². The fourth-order valence-electron chi connectivity index (χ4n) is 2.51. The smallest absolute Gasteiger partial charge is 0.0393 e. The number of hydrogen-bond acceptors (Lipinski definition) is 3. The minimum absolute atomic E-state index is 0.612. The predicted molar refractivity (Wildman–Crippen MR) is 78.8 cm³/mol. The molecule has 2 atom stereocenters. The number of anilines is 2. The molecule has 94 valence electrons. The minimum Gasteiger partial charge on any atom is -0.398 e. The Hall–Kier alpha value is -0.830. The van der Waals surface area contributed by atoms with Gasteiger partial charge in [0, 0.05) is 22.7 Å². The Balaban J connectivity index is 2.07. The molecule has 0 heterocycles. The van der Waals surface area contributed by atoms with Gasteiger partial charge in [-0.25, -0.2) is 0 Å². The lowest BCUT2D eigenvalue weighted by Gasteiger charge is -2.22. The normalized spacial score (nSPS) is 23.9. The van der Waals surface area contributed by atoms with Crippen LogP contribution in [0.3, 0.4) is 0 Å². The van der Waals surface area contributed by atoms with Gasteiger partial charge >= 0.3 is 0 Å². The van der Waals surface area contributed by atoms with Crippen molar-refractivity contribution in [3.05, 3.63) is 23.8 Å². The summed E-state index contributed by atoms with van der Waals surface area (Å²) in [4.78, 5) is 0. The van der Waals surface area contributed by atoms with Crippen molar-refractivity contribution >= 4 is 23.1 Å². The number of benzene rings is 1. The van der Waals surface area contributed by atoms with Crippen LogP contribution < -0.4 is 11.1 Å². The minimum atomic E-state index is 0.612. The maximum Gasteiger partial charge on any atom is 0.0393 e. The Morgan fingerprint density at radius 3 is 3.00 bits per heavy atom. The van der Waals surface area contributed by atoms with E-state index in [2.05, 4.69) is 37.0 Å². The summed E-state index contributed by atoms with van der Waals surface area (Å²) >= 11 is 2.08. The Kier molecular flexibility index (Phi) is 4.21. The van der Waals surface area contributed by atoms with E-state index in [9.17, 15) is 0 Å². The molecule has 0 radical (unpaired) electrons. The number of hydrogen-bond donors (Lipinski definition) is 2. The van der Waals surface area contributed by atoms with Gasteiger partial charge in [0.15, 0.2) is 0 Å². The van der Waals surface area contributed by atoms with E-state index in [1.807, 2.05) is 12.1 Å². The van der Waals surface area contributed by atoms with Crippen molar-refractivity contribution in [3.8, 4) is 0 Å². The molecule has 0 aliphatic heterocycles. The summed E-state index contributed by atoms with van der Waals surface area (Å²) in [5, 5.41) is 4.45. The molecule has 0 spiro atoms. The summed E-state index contributed by atoms with van der Waals surface area (Å²) < 4.78 is 0. The van der Waals surface area contributed by atoms with Gasteiger partial charge in [0.2, 0.25) is 0 Å². The maximum atomic E-state index is 5.94. The van der Waals surface area contributed by atoms with E-state index in [1.54, 1.807) is 0 Å². The first-order chi connectivity index (χ1) is 8.22. The first-order valence-corrected chi connectivity index (χ1v) is 7.50. The van der Waals surface area contributed by atoms with Crippen molar-refractivity contribution in [3.63, 3.8) is 0 Å². The van der Waals surface area contributed by atoms with Gasteiger partial charge in [0.25, 0.3) is 0 Å². The average Bonchev–Trinajstić information content (AvgIpc) is 2.73. The molecule has 1 fully saturated rings. The van der Waals surface area contributed by atoms with E-state index in [1.165, 1.54) is 36.3 Å². The molecule has 2 unspecified atom stereocenters. The zero-order chi connectivity index (χ0) is 12.3. The van der Waals surface area contributed by atoms with Crippen LogP contribution in [0.25, 0.3) is 0 Å². The first-order valence-electron chi connectivity index (χ1n) is 6.45. The molecule has 0 aromatic heterocycles. The number of nitrogen functional groups attached to an aromatic ring is 1. The van der Waals surface area contributed by atoms with Crippen LogP contribution in [0, 0.1) is 6.92 Å². The van der Waals surface area contributed by atoms with Gasteiger partial charge in [-0.05, 0) is 43.2 Å². The molecule has 1 aromatic carbocycles. The van der Waals surface area contributed by atoms with Crippen LogP contribution in [0.2, 0.25) is 0 Å². The highest BCUT2D eigenvalue weighted by molar-refractivity contribution is 7.99. The fourth-order valence-corrected chi connectivity index (χ4v) is 3.71. The molecule has 1 saturated carbocycles. The molecule has 2 nitrogen and oxygen atoms in total. The molecule has 0 saturated heterocycles. The molecule has 17 heavy (non-hydrogen) atoms. The molecule has 3 N–H and O–H groups in total. The molecule has 0 bridgehead atoms. The lowest BCUT2D eigenvalue weighted by atomic mass is 10.1.